The number of likely N-dealkylation sites (tertiary alicyclic amines) is 1. The first-order chi connectivity index (χ1) is 14.2. The van der Waals surface area contributed by atoms with Crippen LogP contribution < -0.4 is 10.2 Å². The Hall–Kier alpha value is -1.81. The average molecular weight is 539 g/mol. The number of piperazine rings is 1. The molecule has 2 aromatic rings. The highest BCUT2D eigenvalue weighted by Gasteiger charge is 2.22. The summed E-state index contributed by atoms with van der Waals surface area (Å²) in [4.78, 5) is 23.3. The minimum Gasteiger partial charge on any atom is -0.360 e. The fraction of sp³-hybridized carbons (Fsp3) is 0.455. The highest BCUT2D eigenvalue weighted by Crippen LogP contribution is 2.22. The summed E-state index contributed by atoms with van der Waals surface area (Å²) in [5.41, 5.74) is 2.44. The van der Waals surface area contributed by atoms with Gasteiger partial charge < -0.3 is 20.0 Å². The summed E-state index contributed by atoms with van der Waals surface area (Å²) in [6, 6.07) is 12.7. The Morgan fingerprint density at radius 3 is 2.47 bits per heavy atom. The van der Waals surface area contributed by atoms with Gasteiger partial charge in [0.1, 0.15) is 0 Å². The third-order valence-corrected chi connectivity index (χ3v) is 6.63. The third kappa shape index (κ3) is 5.46. The highest BCUT2D eigenvalue weighted by molar-refractivity contribution is 14.0. The number of amides is 1. The Bertz CT molecular complexity index is 849. The molecule has 2 aliphatic heterocycles. The van der Waals surface area contributed by atoms with E-state index in [4.69, 9.17) is 0 Å². The van der Waals surface area contributed by atoms with Crippen LogP contribution in [0.5, 0.6) is 0 Å². The molecule has 2 aliphatic rings. The van der Waals surface area contributed by atoms with Gasteiger partial charge in [-0.2, -0.15) is 0 Å². The first-order valence-electron chi connectivity index (χ1n) is 10.3. The van der Waals surface area contributed by atoms with E-state index in [0.717, 1.165) is 51.6 Å². The zero-order chi connectivity index (χ0) is 20.1. The molecule has 0 unspecified atom stereocenters. The smallest absolute Gasteiger partial charge is 0.222 e. The van der Waals surface area contributed by atoms with Crippen molar-refractivity contribution < 1.29 is 4.79 Å². The van der Waals surface area contributed by atoms with Crippen molar-refractivity contribution in [3.8, 4) is 0 Å². The van der Waals surface area contributed by atoms with Crippen LogP contribution in [0.2, 0.25) is 0 Å². The number of benzene rings is 1. The van der Waals surface area contributed by atoms with Crippen molar-refractivity contribution in [3.63, 3.8) is 0 Å². The van der Waals surface area contributed by atoms with Gasteiger partial charge in [0.15, 0.2) is 5.96 Å². The molecular weight excluding hydrogens is 509 g/mol. The van der Waals surface area contributed by atoms with Gasteiger partial charge in [0.05, 0.1) is 5.00 Å². The van der Waals surface area contributed by atoms with Crippen LogP contribution in [0, 0.1) is 0 Å². The molecule has 0 atom stereocenters. The van der Waals surface area contributed by atoms with Crippen LogP contribution >= 0.6 is 35.3 Å². The second-order valence-electron chi connectivity index (χ2n) is 7.51. The maximum Gasteiger partial charge on any atom is 0.222 e. The maximum atomic E-state index is 12.0. The quantitative estimate of drug-likeness (QED) is 0.360. The number of aliphatic imine (C=N–C) groups is 1. The molecule has 2 fully saturated rings. The van der Waals surface area contributed by atoms with E-state index in [0.29, 0.717) is 13.0 Å². The van der Waals surface area contributed by atoms with E-state index < -0.39 is 0 Å². The van der Waals surface area contributed by atoms with E-state index in [1.54, 1.807) is 11.3 Å². The Kier molecular flexibility index (Phi) is 8.38. The minimum atomic E-state index is 0. The fourth-order valence-electron chi connectivity index (χ4n) is 4.06. The van der Waals surface area contributed by atoms with Crippen molar-refractivity contribution in [2.24, 2.45) is 4.99 Å². The number of rotatable bonds is 5. The summed E-state index contributed by atoms with van der Waals surface area (Å²) in [6.45, 7) is 6.23. The van der Waals surface area contributed by atoms with Crippen LogP contribution in [0.25, 0.3) is 0 Å². The van der Waals surface area contributed by atoms with Gasteiger partial charge in [0.2, 0.25) is 5.91 Å². The summed E-state index contributed by atoms with van der Waals surface area (Å²) in [7, 11) is 1.85. The zero-order valence-electron chi connectivity index (χ0n) is 17.4. The molecule has 0 aliphatic carbocycles. The molecule has 4 rings (SSSR count). The Balaban J connectivity index is 0.00000256. The van der Waals surface area contributed by atoms with Crippen molar-refractivity contribution in [3.05, 3.63) is 52.9 Å². The lowest BCUT2D eigenvalue weighted by Gasteiger charge is -2.37. The monoisotopic (exact) mass is 539 g/mol. The maximum absolute atomic E-state index is 12.0. The number of anilines is 1. The van der Waals surface area contributed by atoms with Crippen LogP contribution in [0.15, 0.2) is 46.8 Å². The molecule has 2 saturated heterocycles. The van der Waals surface area contributed by atoms with Gasteiger partial charge in [0, 0.05) is 59.3 Å². The largest absolute Gasteiger partial charge is 0.360 e. The van der Waals surface area contributed by atoms with E-state index >= 15 is 0 Å². The molecule has 6 nitrogen and oxygen atoms in total. The van der Waals surface area contributed by atoms with Gasteiger partial charge in [-0.25, -0.2) is 0 Å². The van der Waals surface area contributed by atoms with E-state index in [-0.39, 0.29) is 29.9 Å². The lowest BCUT2D eigenvalue weighted by molar-refractivity contribution is -0.128. The summed E-state index contributed by atoms with van der Waals surface area (Å²) in [6.07, 6.45) is 1.66. The molecule has 8 heteroatoms. The number of halogens is 1. The van der Waals surface area contributed by atoms with Crippen LogP contribution in [0.4, 0.5) is 5.00 Å². The molecule has 0 radical (unpaired) electrons. The molecule has 0 spiro atoms. The number of nitrogens with one attached hydrogen (secondary N) is 1. The molecule has 3 heterocycles. The summed E-state index contributed by atoms with van der Waals surface area (Å²) >= 11 is 1.80. The SMILES string of the molecule is CN=C(NCc1ccccc1CN1CCCC1=O)N1CCN(c2cccs2)CC1.I. The number of thiophene rings is 1. The lowest BCUT2D eigenvalue weighted by atomic mass is 10.1. The summed E-state index contributed by atoms with van der Waals surface area (Å²) in [5, 5.41) is 7.02. The molecule has 1 amide bonds. The van der Waals surface area contributed by atoms with Crippen LogP contribution in [-0.2, 0) is 17.9 Å². The molecule has 30 heavy (non-hydrogen) atoms. The summed E-state index contributed by atoms with van der Waals surface area (Å²) in [5.74, 6) is 1.22. The Labute approximate surface area is 200 Å². The number of hydrogen-bond acceptors (Lipinski definition) is 4. The predicted octanol–water partition coefficient (Wildman–Crippen LogP) is 3.39. The van der Waals surface area contributed by atoms with E-state index in [2.05, 4.69) is 61.9 Å². The second kappa shape index (κ2) is 11.0. The van der Waals surface area contributed by atoms with Gasteiger partial charge in [-0.05, 0) is 35.1 Å². The molecule has 1 N–H and O–H groups in total. The third-order valence-electron chi connectivity index (χ3n) is 5.70. The zero-order valence-corrected chi connectivity index (χ0v) is 20.6. The first-order valence-corrected chi connectivity index (χ1v) is 11.2. The summed E-state index contributed by atoms with van der Waals surface area (Å²) < 4.78 is 0. The lowest BCUT2D eigenvalue weighted by Crippen LogP contribution is -2.52. The van der Waals surface area contributed by atoms with Gasteiger partial charge in [-0.15, -0.1) is 35.3 Å². The van der Waals surface area contributed by atoms with Gasteiger partial charge in [-0.1, -0.05) is 24.3 Å². The Morgan fingerprint density at radius 1 is 1.07 bits per heavy atom. The van der Waals surface area contributed by atoms with E-state index in [1.165, 1.54) is 16.1 Å². The molecular formula is C22H30IN5OS. The number of nitrogens with zero attached hydrogens (tertiary/aromatic N) is 4. The number of carbonyl (C=O) groups excluding carboxylic acids is 1. The second-order valence-corrected chi connectivity index (χ2v) is 8.44. The molecule has 0 bridgehead atoms. The molecule has 0 saturated carbocycles. The van der Waals surface area contributed by atoms with Crippen molar-refractivity contribution in [2.75, 3.05) is 44.7 Å². The van der Waals surface area contributed by atoms with Crippen LogP contribution in [0.3, 0.4) is 0 Å². The molecule has 1 aromatic heterocycles. The highest BCUT2D eigenvalue weighted by atomic mass is 127. The fourth-order valence-corrected chi connectivity index (χ4v) is 4.84. The van der Waals surface area contributed by atoms with Crippen LogP contribution in [-0.4, -0.2) is 61.4 Å². The van der Waals surface area contributed by atoms with Crippen molar-refractivity contribution >= 4 is 52.2 Å². The van der Waals surface area contributed by atoms with Gasteiger partial charge >= 0.3 is 0 Å². The van der Waals surface area contributed by atoms with Gasteiger partial charge in [-0.3, -0.25) is 9.79 Å². The normalized spacial score (nSPS) is 17.3. The Morgan fingerprint density at radius 2 is 1.83 bits per heavy atom. The molecule has 1 aromatic carbocycles. The van der Waals surface area contributed by atoms with E-state index in [1.807, 2.05) is 11.9 Å². The number of carbonyl (C=O) groups is 1. The van der Waals surface area contributed by atoms with Crippen LogP contribution in [0.1, 0.15) is 24.0 Å². The van der Waals surface area contributed by atoms with E-state index in [9.17, 15) is 4.79 Å². The van der Waals surface area contributed by atoms with Crippen molar-refractivity contribution in [2.45, 2.75) is 25.9 Å². The topological polar surface area (TPSA) is 51.2 Å². The first kappa shape index (κ1) is 22.9. The number of hydrogen-bond donors (Lipinski definition) is 1. The van der Waals surface area contributed by atoms with Gasteiger partial charge in [0.25, 0.3) is 0 Å². The average Bonchev–Trinajstić information content (AvgIpc) is 3.43. The number of guanidine groups is 1. The minimum absolute atomic E-state index is 0. The molecule has 162 valence electrons. The standard InChI is InChI=1S/C22H29N5OS.HI/c1-23-22(26-13-11-25(12-14-26)21-9-5-15-29-21)24-16-18-6-2-3-7-19(18)17-27-10-4-8-20(27)28;/h2-3,5-7,9,15H,4,8,10-14,16-17H2,1H3,(H,23,24);1H. The predicted molar refractivity (Wildman–Crippen MR) is 135 cm³/mol. The van der Waals surface area contributed by atoms with Crippen molar-refractivity contribution in [1.82, 2.24) is 15.1 Å². The van der Waals surface area contributed by atoms with Crippen molar-refractivity contribution in [1.29, 1.82) is 0 Å².